The van der Waals surface area contributed by atoms with Crippen molar-refractivity contribution in [3.63, 3.8) is 0 Å². The summed E-state index contributed by atoms with van der Waals surface area (Å²) in [6.07, 6.45) is 0. The average Bonchev–Trinajstić information content (AvgIpc) is 2.26. The number of halogens is 2. The molecule has 114 valence electrons. The number of carboxylic acids is 1. The van der Waals surface area contributed by atoms with E-state index in [0.29, 0.717) is 15.8 Å². The van der Waals surface area contributed by atoms with Crippen molar-refractivity contribution in [2.75, 3.05) is 27.2 Å². The van der Waals surface area contributed by atoms with Gasteiger partial charge in [-0.25, -0.2) is 4.79 Å². The number of benzene rings is 1. The van der Waals surface area contributed by atoms with E-state index in [4.69, 9.17) is 33.0 Å². The zero-order chi connectivity index (χ0) is 15.7. The third-order valence-electron chi connectivity index (χ3n) is 1.98. The summed E-state index contributed by atoms with van der Waals surface area (Å²) in [5.74, 6) is 0.0643. The smallest absolute Gasteiger partial charge is 0.341 e. The van der Waals surface area contributed by atoms with Crippen molar-refractivity contribution in [1.82, 2.24) is 4.90 Å². The highest BCUT2D eigenvalue weighted by molar-refractivity contribution is 6.35. The number of carboxylic acid groups (broad SMARTS) is 1. The predicted molar refractivity (Wildman–Crippen MR) is 83.0 cm³/mol. The number of carbonyl (C=O) groups is 1. The summed E-state index contributed by atoms with van der Waals surface area (Å²) < 4.78 is 4.86. The highest BCUT2D eigenvalue weighted by Gasteiger charge is 2.04. The minimum Gasteiger partial charge on any atom is -0.480 e. The van der Waals surface area contributed by atoms with Crippen molar-refractivity contribution in [1.29, 1.82) is 0 Å². The molecule has 0 heterocycles. The summed E-state index contributed by atoms with van der Waals surface area (Å²) in [5, 5.41) is 9.11. The quantitative estimate of drug-likeness (QED) is 0.899. The van der Waals surface area contributed by atoms with Gasteiger partial charge >= 0.3 is 5.97 Å². The van der Waals surface area contributed by atoms with Crippen molar-refractivity contribution in [2.45, 2.75) is 13.8 Å². The molecule has 0 spiro atoms. The molecular formula is C14H21Cl2NO3. The van der Waals surface area contributed by atoms with Gasteiger partial charge in [0.1, 0.15) is 5.75 Å². The van der Waals surface area contributed by atoms with Gasteiger partial charge in [-0.15, -0.1) is 0 Å². The number of hydrogen-bond donors (Lipinski definition) is 1. The number of rotatable bonds is 5. The third-order valence-corrected chi connectivity index (χ3v) is 2.51. The van der Waals surface area contributed by atoms with Crippen LogP contribution in [0.25, 0.3) is 0 Å². The molecule has 6 heteroatoms. The van der Waals surface area contributed by atoms with Gasteiger partial charge in [-0.3, -0.25) is 0 Å². The zero-order valence-corrected chi connectivity index (χ0v) is 13.7. The van der Waals surface area contributed by atoms with Gasteiger partial charge in [0.2, 0.25) is 0 Å². The van der Waals surface area contributed by atoms with Crippen molar-refractivity contribution < 1.29 is 14.6 Å². The molecule has 0 amide bonds. The summed E-state index contributed by atoms with van der Waals surface area (Å²) >= 11 is 11.3. The van der Waals surface area contributed by atoms with Crippen LogP contribution in [0.2, 0.25) is 10.0 Å². The Balaban J connectivity index is 0.000000441. The molecule has 0 fully saturated rings. The lowest BCUT2D eigenvalue weighted by Crippen LogP contribution is -2.17. The molecule has 1 rings (SSSR count). The Bertz CT molecular complexity index is 417. The summed E-state index contributed by atoms with van der Waals surface area (Å²) in [7, 11) is 4.19. The van der Waals surface area contributed by atoms with E-state index in [9.17, 15) is 4.79 Å². The standard InChI is InChI=1S/C8H6Cl2O3.C6H15N/c9-5-1-2-7(6(10)3-5)13-4-8(11)12;1-6(2)5-7(3)4/h1-3H,4H2,(H,11,12);6H,5H2,1-4H3. The first-order chi connectivity index (χ1) is 9.22. The predicted octanol–water partition coefficient (Wildman–Crippen LogP) is 3.66. The first-order valence-corrected chi connectivity index (χ1v) is 6.92. The normalized spacial score (nSPS) is 10.2. The van der Waals surface area contributed by atoms with E-state index in [1.54, 1.807) is 6.07 Å². The third kappa shape index (κ3) is 9.89. The fraction of sp³-hybridized carbons (Fsp3) is 0.500. The second kappa shape index (κ2) is 9.86. The van der Waals surface area contributed by atoms with E-state index in [1.807, 2.05) is 0 Å². The van der Waals surface area contributed by atoms with Crippen LogP contribution in [-0.2, 0) is 4.79 Å². The lowest BCUT2D eigenvalue weighted by Gasteiger charge is -2.10. The Labute approximate surface area is 130 Å². The molecular weight excluding hydrogens is 301 g/mol. The lowest BCUT2D eigenvalue weighted by atomic mass is 10.2. The van der Waals surface area contributed by atoms with Crippen LogP contribution in [0.3, 0.4) is 0 Å². The number of hydrogen-bond acceptors (Lipinski definition) is 3. The number of nitrogens with zero attached hydrogens (tertiary/aromatic N) is 1. The van der Waals surface area contributed by atoms with Gasteiger partial charge in [-0.2, -0.15) is 0 Å². The highest BCUT2D eigenvalue weighted by Crippen LogP contribution is 2.27. The molecule has 0 saturated carbocycles. The van der Waals surface area contributed by atoms with Gasteiger partial charge in [-0.1, -0.05) is 37.0 Å². The maximum Gasteiger partial charge on any atom is 0.341 e. The lowest BCUT2D eigenvalue weighted by molar-refractivity contribution is -0.139. The van der Waals surface area contributed by atoms with Crippen LogP contribution >= 0.6 is 23.2 Å². The maximum atomic E-state index is 10.2. The maximum absolute atomic E-state index is 10.2. The van der Waals surface area contributed by atoms with Crippen molar-refractivity contribution in [3.8, 4) is 5.75 Å². The van der Waals surface area contributed by atoms with Gasteiger partial charge < -0.3 is 14.7 Å². The van der Waals surface area contributed by atoms with E-state index in [1.165, 1.54) is 18.7 Å². The SMILES string of the molecule is CC(C)CN(C)C.O=C(O)COc1ccc(Cl)cc1Cl. The van der Waals surface area contributed by atoms with Crippen molar-refractivity contribution in [2.24, 2.45) is 5.92 Å². The average molecular weight is 322 g/mol. The largest absolute Gasteiger partial charge is 0.480 e. The molecule has 0 aliphatic heterocycles. The molecule has 0 bridgehead atoms. The van der Waals surface area contributed by atoms with Gasteiger partial charge in [0.25, 0.3) is 0 Å². The van der Waals surface area contributed by atoms with Crippen LogP contribution in [0.4, 0.5) is 0 Å². The molecule has 0 aliphatic rings. The van der Waals surface area contributed by atoms with E-state index >= 15 is 0 Å². The molecule has 20 heavy (non-hydrogen) atoms. The van der Waals surface area contributed by atoms with Crippen LogP contribution in [0, 0.1) is 5.92 Å². The molecule has 1 aromatic rings. The van der Waals surface area contributed by atoms with Crippen LogP contribution in [0.5, 0.6) is 5.75 Å². The van der Waals surface area contributed by atoms with E-state index in [0.717, 1.165) is 5.92 Å². The molecule has 0 saturated heterocycles. The Kier molecular flexibility index (Phi) is 9.38. The monoisotopic (exact) mass is 321 g/mol. The molecule has 0 radical (unpaired) electrons. The number of ether oxygens (including phenoxy) is 1. The Hall–Kier alpha value is -0.970. The Morgan fingerprint density at radius 2 is 1.95 bits per heavy atom. The highest BCUT2D eigenvalue weighted by atomic mass is 35.5. The van der Waals surface area contributed by atoms with Gasteiger partial charge in [0.05, 0.1) is 5.02 Å². The molecule has 0 aliphatic carbocycles. The molecule has 1 N–H and O–H groups in total. The Morgan fingerprint density at radius 1 is 1.35 bits per heavy atom. The van der Waals surface area contributed by atoms with Gasteiger partial charge in [0.15, 0.2) is 6.61 Å². The molecule has 4 nitrogen and oxygen atoms in total. The first-order valence-electron chi connectivity index (χ1n) is 6.16. The van der Waals surface area contributed by atoms with Gasteiger partial charge in [-0.05, 0) is 44.8 Å². The van der Waals surface area contributed by atoms with E-state index < -0.39 is 12.6 Å². The minimum atomic E-state index is -1.05. The Morgan fingerprint density at radius 3 is 2.30 bits per heavy atom. The first kappa shape index (κ1) is 19.0. The molecule has 0 atom stereocenters. The summed E-state index contributed by atoms with van der Waals surface area (Å²) in [4.78, 5) is 12.4. The second-order valence-electron chi connectivity index (χ2n) is 4.91. The fourth-order valence-electron chi connectivity index (χ4n) is 1.46. The van der Waals surface area contributed by atoms with Crippen LogP contribution < -0.4 is 4.74 Å². The van der Waals surface area contributed by atoms with Gasteiger partial charge in [0, 0.05) is 5.02 Å². The molecule has 0 aromatic heterocycles. The summed E-state index contributed by atoms with van der Waals surface area (Å²) in [6, 6.07) is 4.58. The summed E-state index contributed by atoms with van der Waals surface area (Å²) in [6.45, 7) is 5.22. The topological polar surface area (TPSA) is 49.8 Å². The van der Waals surface area contributed by atoms with Crippen molar-refractivity contribution in [3.05, 3.63) is 28.2 Å². The molecule has 0 unspecified atom stereocenters. The number of aliphatic carboxylic acids is 1. The van der Waals surface area contributed by atoms with E-state index in [2.05, 4.69) is 32.8 Å². The van der Waals surface area contributed by atoms with Crippen molar-refractivity contribution >= 4 is 29.2 Å². The second-order valence-corrected chi connectivity index (χ2v) is 5.76. The van der Waals surface area contributed by atoms with E-state index in [-0.39, 0.29) is 0 Å². The summed E-state index contributed by atoms with van der Waals surface area (Å²) in [5.41, 5.74) is 0. The zero-order valence-electron chi connectivity index (χ0n) is 12.2. The van der Waals surface area contributed by atoms with Crippen LogP contribution in [-0.4, -0.2) is 43.2 Å². The fourth-order valence-corrected chi connectivity index (χ4v) is 1.93. The van der Waals surface area contributed by atoms with Crippen LogP contribution in [0.15, 0.2) is 18.2 Å². The minimum absolute atomic E-state index is 0.300. The molecule has 1 aromatic carbocycles. The van der Waals surface area contributed by atoms with Crippen LogP contribution in [0.1, 0.15) is 13.8 Å².